The summed E-state index contributed by atoms with van der Waals surface area (Å²) >= 11 is 0. The highest BCUT2D eigenvalue weighted by molar-refractivity contribution is 6.01. The van der Waals surface area contributed by atoms with Crippen LogP contribution in [0.5, 0.6) is 0 Å². The Morgan fingerprint density at radius 3 is 2.31 bits per heavy atom. The zero-order valence-electron chi connectivity index (χ0n) is 14.8. The van der Waals surface area contributed by atoms with Crippen molar-refractivity contribution in [1.82, 2.24) is 10.2 Å². The largest absolute Gasteiger partial charge is 0.352 e. The molecule has 3 amide bonds. The van der Waals surface area contributed by atoms with Crippen LogP contribution in [0.1, 0.15) is 39.9 Å². The molecule has 134 valence electrons. The van der Waals surface area contributed by atoms with E-state index in [9.17, 15) is 14.4 Å². The number of aryl methyl sites for hydroxylation is 1. The first-order valence-corrected chi connectivity index (χ1v) is 8.79. The number of hydrogen-bond donors (Lipinski definition) is 1. The molecule has 5 nitrogen and oxygen atoms in total. The molecular formula is C21H22N2O3. The molecule has 2 aromatic carbocycles. The maximum atomic E-state index is 12.3. The highest BCUT2D eigenvalue weighted by atomic mass is 16.2. The van der Waals surface area contributed by atoms with Gasteiger partial charge in [-0.1, -0.05) is 36.4 Å². The van der Waals surface area contributed by atoms with Crippen LogP contribution in [-0.4, -0.2) is 29.2 Å². The summed E-state index contributed by atoms with van der Waals surface area (Å²) in [5.41, 5.74) is 3.85. The predicted octanol–water partition coefficient (Wildman–Crippen LogP) is 2.62. The third kappa shape index (κ3) is 4.17. The van der Waals surface area contributed by atoms with Crippen molar-refractivity contribution in [1.29, 1.82) is 0 Å². The monoisotopic (exact) mass is 350 g/mol. The van der Waals surface area contributed by atoms with Crippen LogP contribution >= 0.6 is 0 Å². The second-order valence-electron chi connectivity index (χ2n) is 6.50. The van der Waals surface area contributed by atoms with E-state index in [0.29, 0.717) is 24.9 Å². The number of nitrogens with one attached hydrogen (secondary N) is 1. The lowest BCUT2D eigenvalue weighted by Gasteiger charge is -2.14. The maximum absolute atomic E-state index is 12.3. The molecule has 0 bridgehead atoms. The first-order valence-electron chi connectivity index (χ1n) is 8.79. The van der Waals surface area contributed by atoms with Crippen LogP contribution in [0.15, 0.2) is 48.5 Å². The first kappa shape index (κ1) is 17.9. The van der Waals surface area contributed by atoms with Crippen molar-refractivity contribution in [3.63, 3.8) is 0 Å². The molecule has 0 aromatic heterocycles. The Balaban J connectivity index is 1.53. The molecule has 1 N–H and O–H groups in total. The number of rotatable bonds is 6. The van der Waals surface area contributed by atoms with Gasteiger partial charge in [-0.3, -0.25) is 19.3 Å². The number of amides is 3. The quantitative estimate of drug-likeness (QED) is 0.815. The summed E-state index contributed by atoms with van der Waals surface area (Å²) in [6.07, 6.45) is 1.37. The second-order valence-corrected chi connectivity index (χ2v) is 6.50. The average Bonchev–Trinajstić information content (AvgIpc) is 2.96. The van der Waals surface area contributed by atoms with Gasteiger partial charge in [0.1, 0.15) is 0 Å². The van der Waals surface area contributed by atoms with E-state index >= 15 is 0 Å². The van der Waals surface area contributed by atoms with Gasteiger partial charge in [0.15, 0.2) is 0 Å². The van der Waals surface area contributed by atoms with Crippen molar-refractivity contribution >= 4 is 17.7 Å². The zero-order valence-corrected chi connectivity index (χ0v) is 14.8. The van der Waals surface area contributed by atoms with Gasteiger partial charge in [-0.05, 0) is 42.2 Å². The number of carbonyl (C=O) groups excluding carboxylic acids is 3. The van der Waals surface area contributed by atoms with Gasteiger partial charge in [-0.2, -0.15) is 0 Å². The van der Waals surface area contributed by atoms with Gasteiger partial charge in [0.05, 0.1) is 6.54 Å². The fourth-order valence-electron chi connectivity index (χ4n) is 3.05. The van der Waals surface area contributed by atoms with Gasteiger partial charge in [0.2, 0.25) is 11.8 Å². The molecule has 3 rings (SSSR count). The molecule has 0 saturated carbocycles. The number of likely N-dealkylation sites (tertiary alicyclic amines) is 1. The summed E-state index contributed by atoms with van der Waals surface area (Å²) in [6, 6.07) is 15.2. The highest BCUT2D eigenvalue weighted by Gasteiger charge is 2.28. The molecule has 0 unspecified atom stereocenters. The van der Waals surface area contributed by atoms with Crippen LogP contribution in [-0.2, 0) is 22.6 Å². The third-order valence-corrected chi connectivity index (χ3v) is 4.65. The number of imide groups is 1. The zero-order chi connectivity index (χ0) is 18.5. The van der Waals surface area contributed by atoms with Crippen molar-refractivity contribution in [2.24, 2.45) is 0 Å². The van der Waals surface area contributed by atoms with E-state index < -0.39 is 0 Å². The van der Waals surface area contributed by atoms with E-state index in [-0.39, 0.29) is 24.3 Å². The summed E-state index contributed by atoms with van der Waals surface area (Å²) < 4.78 is 0. The minimum atomic E-state index is -0.131. The summed E-state index contributed by atoms with van der Waals surface area (Å²) in [6.45, 7) is 2.90. The Kier molecular flexibility index (Phi) is 5.46. The van der Waals surface area contributed by atoms with E-state index in [1.807, 2.05) is 12.1 Å². The molecule has 0 aliphatic carbocycles. The van der Waals surface area contributed by atoms with Crippen LogP contribution < -0.4 is 5.32 Å². The van der Waals surface area contributed by atoms with Gasteiger partial charge < -0.3 is 5.32 Å². The summed E-state index contributed by atoms with van der Waals surface area (Å²) in [7, 11) is 0. The average molecular weight is 350 g/mol. The van der Waals surface area contributed by atoms with Crippen LogP contribution in [0.3, 0.4) is 0 Å². The molecule has 0 radical (unpaired) electrons. The number of hydrogen-bond acceptors (Lipinski definition) is 3. The second kappa shape index (κ2) is 7.95. The lowest BCUT2D eigenvalue weighted by Crippen LogP contribution is -2.28. The van der Waals surface area contributed by atoms with E-state index in [2.05, 4.69) is 24.4 Å². The van der Waals surface area contributed by atoms with Gasteiger partial charge >= 0.3 is 0 Å². The summed E-state index contributed by atoms with van der Waals surface area (Å²) in [4.78, 5) is 36.9. The molecule has 1 heterocycles. The van der Waals surface area contributed by atoms with E-state index in [4.69, 9.17) is 0 Å². The SMILES string of the molecule is Cc1ccccc1CCNC(=O)c1ccc(CN2C(=O)CCC2=O)cc1. The van der Waals surface area contributed by atoms with Gasteiger partial charge in [0, 0.05) is 24.9 Å². The predicted molar refractivity (Wildman–Crippen MR) is 98.4 cm³/mol. The fraction of sp³-hybridized carbons (Fsp3) is 0.286. The van der Waals surface area contributed by atoms with Crippen LogP contribution in [0.2, 0.25) is 0 Å². The Labute approximate surface area is 153 Å². The number of nitrogens with zero attached hydrogens (tertiary/aromatic N) is 1. The molecule has 5 heteroatoms. The van der Waals surface area contributed by atoms with Gasteiger partial charge in [-0.15, -0.1) is 0 Å². The smallest absolute Gasteiger partial charge is 0.251 e. The van der Waals surface area contributed by atoms with Crippen molar-refractivity contribution < 1.29 is 14.4 Å². The Morgan fingerprint density at radius 1 is 1.00 bits per heavy atom. The minimum absolute atomic E-state index is 0.126. The minimum Gasteiger partial charge on any atom is -0.352 e. The molecule has 2 aromatic rings. The van der Waals surface area contributed by atoms with Crippen molar-refractivity contribution in [2.75, 3.05) is 6.54 Å². The Hall–Kier alpha value is -2.95. The molecule has 1 fully saturated rings. The molecule has 1 saturated heterocycles. The van der Waals surface area contributed by atoms with Crippen LogP contribution in [0, 0.1) is 6.92 Å². The Bertz CT molecular complexity index is 811. The maximum Gasteiger partial charge on any atom is 0.251 e. The number of benzene rings is 2. The standard InChI is InChI=1S/C21H22N2O3/c1-15-4-2-3-5-17(15)12-13-22-21(26)18-8-6-16(7-9-18)14-23-19(24)10-11-20(23)25/h2-9H,10-14H2,1H3,(H,22,26). The molecule has 0 atom stereocenters. The molecule has 1 aliphatic rings. The topological polar surface area (TPSA) is 66.5 Å². The fourth-order valence-corrected chi connectivity index (χ4v) is 3.05. The van der Waals surface area contributed by atoms with Crippen molar-refractivity contribution in [3.8, 4) is 0 Å². The third-order valence-electron chi connectivity index (χ3n) is 4.65. The highest BCUT2D eigenvalue weighted by Crippen LogP contribution is 2.16. The van der Waals surface area contributed by atoms with E-state index in [1.54, 1.807) is 24.3 Å². The van der Waals surface area contributed by atoms with Crippen LogP contribution in [0.4, 0.5) is 0 Å². The van der Waals surface area contributed by atoms with Gasteiger partial charge in [-0.25, -0.2) is 0 Å². The van der Waals surface area contributed by atoms with Gasteiger partial charge in [0.25, 0.3) is 5.91 Å². The molecule has 0 spiro atoms. The Morgan fingerprint density at radius 2 is 1.65 bits per heavy atom. The van der Waals surface area contributed by atoms with Crippen molar-refractivity contribution in [2.45, 2.75) is 32.7 Å². The molecular weight excluding hydrogens is 328 g/mol. The van der Waals surface area contributed by atoms with Crippen molar-refractivity contribution in [3.05, 3.63) is 70.8 Å². The van der Waals surface area contributed by atoms with Crippen LogP contribution in [0.25, 0.3) is 0 Å². The van der Waals surface area contributed by atoms with E-state index in [1.165, 1.54) is 16.0 Å². The summed E-state index contributed by atoms with van der Waals surface area (Å²) in [5, 5.41) is 2.92. The molecule has 1 aliphatic heterocycles. The normalized spacial score (nSPS) is 14.0. The lowest BCUT2D eigenvalue weighted by molar-refractivity contribution is -0.139. The lowest BCUT2D eigenvalue weighted by atomic mass is 10.1. The first-order chi connectivity index (χ1) is 12.5. The molecule has 26 heavy (non-hydrogen) atoms. The summed E-state index contributed by atoms with van der Waals surface area (Å²) in [5.74, 6) is -0.389. The van der Waals surface area contributed by atoms with E-state index in [0.717, 1.165) is 12.0 Å². The number of carbonyl (C=O) groups is 3.